The third kappa shape index (κ3) is 18.0. The summed E-state index contributed by atoms with van der Waals surface area (Å²) in [6.07, 6.45) is 8.25. The van der Waals surface area contributed by atoms with Crippen molar-refractivity contribution in [1.82, 2.24) is 0 Å². The highest BCUT2D eigenvalue weighted by molar-refractivity contribution is 14.1. The van der Waals surface area contributed by atoms with Gasteiger partial charge in [0.15, 0.2) is 12.4 Å². The van der Waals surface area contributed by atoms with Gasteiger partial charge < -0.3 is 34.3 Å². The summed E-state index contributed by atoms with van der Waals surface area (Å²) in [5, 5.41) is 30.6. The van der Waals surface area contributed by atoms with E-state index < -0.39 is 77.8 Å². The standard InChI is InChI=1S/C34H55IO12S/c1-2-3-4-5-6-7-8-9-10-11-12-13-14-15-16-17-29(36)46-27(22-44-33(40)25-18-20-26(35)21-19-25)23-45-34-32(39)31(38)30(37)28(47-34)24-48(41,42)43/h18-21,27-28,30-32,34,37-39H,2-17,22-24H2,1H3,(H,41,42,43). The molecule has 0 spiro atoms. The second-order valence-corrected chi connectivity index (χ2v) is 15.3. The van der Waals surface area contributed by atoms with Crippen LogP contribution < -0.4 is 0 Å². The maximum Gasteiger partial charge on any atom is 0.338 e. The molecule has 6 atom stereocenters. The summed E-state index contributed by atoms with van der Waals surface area (Å²) in [7, 11) is -4.60. The summed E-state index contributed by atoms with van der Waals surface area (Å²) < 4.78 is 54.5. The second kappa shape index (κ2) is 23.9. The molecule has 48 heavy (non-hydrogen) atoms. The Kier molecular flexibility index (Phi) is 21.3. The molecule has 1 aliphatic heterocycles. The van der Waals surface area contributed by atoms with Crippen molar-refractivity contribution in [3.05, 3.63) is 33.4 Å². The second-order valence-electron chi connectivity index (χ2n) is 12.5. The van der Waals surface area contributed by atoms with E-state index in [1.807, 2.05) is 0 Å². The van der Waals surface area contributed by atoms with Crippen LogP contribution in [0.4, 0.5) is 0 Å². The van der Waals surface area contributed by atoms with Gasteiger partial charge in [-0.2, -0.15) is 8.42 Å². The Hall–Kier alpha value is -1.40. The predicted octanol–water partition coefficient (Wildman–Crippen LogP) is 5.33. The fourth-order valence-corrected chi connectivity index (χ4v) is 6.49. The Morgan fingerprint density at radius 3 is 1.83 bits per heavy atom. The molecule has 1 heterocycles. The van der Waals surface area contributed by atoms with Gasteiger partial charge in [0.2, 0.25) is 0 Å². The molecule has 2 rings (SSSR count). The minimum atomic E-state index is -4.60. The molecule has 0 bridgehead atoms. The van der Waals surface area contributed by atoms with E-state index in [2.05, 4.69) is 29.5 Å². The number of aliphatic hydroxyl groups is 3. The average Bonchev–Trinajstić information content (AvgIpc) is 3.04. The summed E-state index contributed by atoms with van der Waals surface area (Å²) in [5.41, 5.74) is 0.287. The van der Waals surface area contributed by atoms with Gasteiger partial charge >= 0.3 is 11.9 Å². The number of carbonyl (C=O) groups is 2. The first-order valence-corrected chi connectivity index (χ1v) is 20.0. The molecule has 1 fully saturated rings. The fraction of sp³-hybridized carbons (Fsp3) is 0.765. The van der Waals surface area contributed by atoms with E-state index in [-0.39, 0.29) is 12.0 Å². The Labute approximate surface area is 299 Å². The van der Waals surface area contributed by atoms with Gasteiger partial charge in [-0.15, -0.1) is 0 Å². The number of aliphatic hydroxyl groups excluding tert-OH is 3. The van der Waals surface area contributed by atoms with E-state index in [1.165, 1.54) is 70.6 Å². The van der Waals surface area contributed by atoms with E-state index in [4.69, 9.17) is 23.5 Å². The largest absolute Gasteiger partial charge is 0.458 e. The van der Waals surface area contributed by atoms with Gasteiger partial charge in [-0.1, -0.05) is 96.8 Å². The number of carbonyl (C=O) groups excluding carboxylic acids is 2. The predicted molar refractivity (Wildman–Crippen MR) is 188 cm³/mol. The van der Waals surface area contributed by atoms with Crippen LogP contribution in [0.15, 0.2) is 24.3 Å². The lowest BCUT2D eigenvalue weighted by molar-refractivity contribution is -0.297. The zero-order valence-electron chi connectivity index (χ0n) is 28.0. The van der Waals surface area contributed by atoms with Gasteiger partial charge in [-0.3, -0.25) is 9.35 Å². The van der Waals surface area contributed by atoms with Gasteiger partial charge in [0.05, 0.1) is 12.2 Å². The highest BCUT2D eigenvalue weighted by atomic mass is 127. The molecule has 0 aromatic heterocycles. The van der Waals surface area contributed by atoms with Crippen LogP contribution in [0.1, 0.15) is 120 Å². The molecule has 276 valence electrons. The van der Waals surface area contributed by atoms with Crippen LogP contribution in [0.3, 0.4) is 0 Å². The smallest absolute Gasteiger partial charge is 0.338 e. The highest BCUT2D eigenvalue weighted by Gasteiger charge is 2.46. The highest BCUT2D eigenvalue weighted by Crippen LogP contribution is 2.24. The monoisotopic (exact) mass is 814 g/mol. The van der Waals surface area contributed by atoms with E-state index in [9.17, 15) is 33.3 Å². The number of ether oxygens (including phenoxy) is 4. The molecule has 12 nitrogen and oxygen atoms in total. The van der Waals surface area contributed by atoms with Crippen LogP contribution in [0, 0.1) is 3.57 Å². The maximum atomic E-state index is 12.7. The topological polar surface area (TPSA) is 186 Å². The van der Waals surface area contributed by atoms with Crippen LogP contribution in [0.2, 0.25) is 0 Å². The van der Waals surface area contributed by atoms with Gasteiger partial charge in [0.25, 0.3) is 10.1 Å². The molecule has 0 radical (unpaired) electrons. The molecule has 4 N–H and O–H groups in total. The Balaban J connectivity index is 1.78. The molecular weight excluding hydrogens is 759 g/mol. The van der Waals surface area contributed by atoms with Crippen molar-refractivity contribution in [2.24, 2.45) is 0 Å². The third-order valence-corrected chi connectivity index (χ3v) is 9.72. The van der Waals surface area contributed by atoms with Gasteiger partial charge in [0, 0.05) is 9.99 Å². The molecule has 0 amide bonds. The quantitative estimate of drug-likeness (QED) is 0.0431. The molecule has 1 aliphatic rings. The van der Waals surface area contributed by atoms with Crippen molar-refractivity contribution in [2.45, 2.75) is 146 Å². The molecular formula is C34H55IO12S. The number of benzene rings is 1. The maximum absolute atomic E-state index is 12.7. The molecule has 1 aromatic carbocycles. The van der Waals surface area contributed by atoms with Crippen molar-refractivity contribution in [3.63, 3.8) is 0 Å². The van der Waals surface area contributed by atoms with Gasteiger partial charge in [0.1, 0.15) is 36.8 Å². The van der Waals surface area contributed by atoms with Crippen molar-refractivity contribution >= 4 is 44.6 Å². The summed E-state index contributed by atoms with van der Waals surface area (Å²) in [6.45, 7) is 1.40. The molecule has 1 aromatic rings. The number of esters is 2. The number of unbranched alkanes of at least 4 members (excludes halogenated alkanes) is 14. The molecule has 6 unspecified atom stereocenters. The van der Waals surface area contributed by atoms with E-state index in [0.29, 0.717) is 6.42 Å². The van der Waals surface area contributed by atoms with Crippen LogP contribution in [-0.4, -0.2) is 96.0 Å². The normalized spacial score (nSPS) is 21.9. The van der Waals surface area contributed by atoms with Crippen LogP contribution in [0.5, 0.6) is 0 Å². The minimum absolute atomic E-state index is 0.143. The zero-order chi connectivity index (χ0) is 35.4. The first-order chi connectivity index (χ1) is 22.9. The van der Waals surface area contributed by atoms with Gasteiger partial charge in [-0.05, 0) is 53.3 Å². The molecule has 1 saturated heterocycles. The number of halogens is 1. The van der Waals surface area contributed by atoms with E-state index in [1.54, 1.807) is 24.3 Å². The Bertz CT molecular complexity index is 1150. The van der Waals surface area contributed by atoms with Crippen LogP contribution in [0.25, 0.3) is 0 Å². The minimum Gasteiger partial charge on any atom is -0.458 e. The molecule has 0 saturated carbocycles. The van der Waals surface area contributed by atoms with E-state index >= 15 is 0 Å². The lowest BCUT2D eigenvalue weighted by atomic mass is 10.00. The fourth-order valence-electron chi connectivity index (χ4n) is 5.44. The average molecular weight is 815 g/mol. The van der Waals surface area contributed by atoms with Crippen molar-refractivity contribution in [3.8, 4) is 0 Å². The summed E-state index contributed by atoms with van der Waals surface area (Å²) in [4.78, 5) is 25.3. The summed E-state index contributed by atoms with van der Waals surface area (Å²) in [5.74, 6) is -2.24. The number of hydrogen-bond acceptors (Lipinski definition) is 11. The first kappa shape index (κ1) is 42.8. The van der Waals surface area contributed by atoms with E-state index in [0.717, 1.165) is 22.8 Å². The summed E-state index contributed by atoms with van der Waals surface area (Å²) in [6, 6.07) is 6.65. The van der Waals surface area contributed by atoms with Crippen molar-refractivity contribution in [2.75, 3.05) is 19.0 Å². The third-order valence-electron chi connectivity index (χ3n) is 8.25. The van der Waals surface area contributed by atoms with Crippen LogP contribution in [-0.2, 0) is 33.9 Å². The van der Waals surface area contributed by atoms with Crippen molar-refractivity contribution < 1.29 is 56.8 Å². The lowest BCUT2D eigenvalue weighted by Crippen LogP contribution is -2.60. The van der Waals surface area contributed by atoms with Gasteiger partial charge in [-0.25, -0.2) is 4.79 Å². The molecule has 14 heteroatoms. The SMILES string of the molecule is CCCCCCCCCCCCCCCCCC(=O)OC(COC(=O)c1ccc(I)cc1)COC1OC(CS(=O)(=O)O)C(O)C(O)C1O. The van der Waals surface area contributed by atoms with Crippen molar-refractivity contribution in [1.29, 1.82) is 0 Å². The first-order valence-electron chi connectivity index (χ1n) is 17.3. The molecule has 0 aliphatic carbocycles. The zero-order valence-corrected chi connectivity index (χ0v) is 31.0. The number of rotatable bonds is 25. The Morgan fingerprint density at radius 2 is 1.31 bits per heavy atom. The van der Waals surface area contributed by atoms with Crippen LogP contribution >= 0.6 is 22.6 Å². The lowest BCUT2D eigenvalue weighted by Gasteiger charge is -2.40. The summed E-state index contributed by atoms with van der Waals surface area (Å²) >= 11 is 2.10. The Morgan fingerprint density at radius 1 is 0.792 bits per heavy atom. The number of hydrogen-bond donors (Lipinski definition) is 4.